The van der Waals surface area contributed by atoms with E-state index in [9.17, 15) is 4.79 Å². The van der Waals surface area contributed by atoms with Crippen molar-refractivity contribution >= 4 is 17.3 Å². The maximum absolute atomic E-state index is 12.6. The van der Waals surface area contributed by atoms with Gasteiger partial charge in [0.1, 0.15) is 0 Å². The lowest BCUT2D eigenvalue weighted by Crippen LogP contribution is -2.17. The van der Waals surface area contributed by atoms with Crippen LogP contribution in [0, 0.1) is 13.8 Å². The van der Waals surface area contributed by atoms with Crippen LogP contribution in [0.15, 0.2) is 24.4 Å². The molecule has 0 radical (unpaired) electrons. The van der Waals surface area contributed by atoms with Crippen LogP contribution in [0.25, 0.3) is 0 Å². The van der Waals surface area contributed by atoms with E-state index in [0.717, 1.165) is 16.8 Å². The molecule has 3 N–H and O–H groups in total. The molecule has 1 amide bonds. The molecule has 1 aromatic carbocycles. The quantitative estimate of drug-likeness (QED) is 0.840. The molecular formula is C19H25N3O2. The van der Waals surface area contributed by atoms with Gasteiger partial charge < -0.3 is 15.8 Å². The van der Waals surface area contributed by atoms with E-state index in [4.69, 9.17) is 10.5 Å². The van der Waals surface area contributed by atoms with Gasteiger partial charge >= 0.3 is 0 Å². The van der Waals surface area contributed by atoms with Gasteiger partial charge in [0.25, 0.3) is 5.91 Å². The summed E-state index contributed by atoms with van der Waals surface area (Å²) >= 11 is 0. The average molecular weight is 327 g/mol. The van der Waals surface area contributed by atoms with Crippen LogP contribution in [0.2, 0.25) is 0 Å². The molecule has 0 aliphatic heterocycles. The first-order chi connectivity index (χ1) is 11.1. The topological polar surface area (TPSA) is 77.2 Å². The molecule has 0 saturated carbocycles. The van der Waals surface area contributed by atoms with Gasteiger partial charge in [-0.1, -0.05) is 20.8 Å². The summed E-state index contributed by atoms with van der Waals surface area (Å²) in [5.74, 6) is 0.225. The SMILES string of the molecule is COc1c(N)cc(C(C)(C)C)cc1NC(=O)c1cnc(C)c(C)c1. The van der Waals surface area contributed by atoms with E-state index >= 15 is 0 Å². The van der Waals surface area contributed by atoms with Crippen molar-refractivity contribution in [1.29, 1.82) is 0 Å². The second kappa shape index (κ2) is 6.51. The van der Waals surface area contributed by atoms with Gasteiger partial charge in [-0.25, -0.2) is 0 Å². The van der Waals surface area contributed by atoms with E-state index in [0.29, 0.717) is 22.7 Å². The first-order valence-electron chi connectivity index (χ1n) is 7.86. The number of pyridine rings is 1. The van der Waals surface area contributed by atoms with Crippen LogP contribution in [0.4, 0.5) is 11.4 Å². The van der Waals surface area contributed by atoms with Gasteiger partial charge in [0.05, 0.1) is 24.0 Å². The summed E-state index contributed by atoms with van der Waals surface area (Å²) in [6, 6.07) is 5.61. The minimum atomic E-state index is -0.241. The van der Waals surface area contributed by atoms with Crippen molar-refractivity contribution in [1.82, 2.24) is 4.98 Å². The minimum Gasteiger partial charge on any atom is -0.492 e. The van der Waals surface area contributed by atoms with Crippen molar-refractivity contribution in [3.05, 3.63) is 46.8 Å². The highest BCUT2D eigenvalue weighted by atomic mass is 16.5. The highest BCUT2D eigenvalue weighted by Gasteiger charge is 2.20. The number of benzene rings is 1. The molecule has 5 nitrogen and oxygen atoms in total. The lowest BCUT2D eigenvalue weighted by atomic mass is 9.86. The molecule has 0 atom stereocenters. The molecule has 0 aliphatic rings. The highest BCUT2D eigenvalue weighted by Crippen LogP contribution is 2.37. The third-order valence-corrected chi connectivity index (χ3v) is 4.04. The zero-order valence-corrected chi connectivity index (χ0v) is 15.2. The van der Waals surface area contributed by atoms with Crippen LogP contribution in [0.5, 0.6) is 5.75 Å². The number of anilines is 2. The Morgan fingerprint density at radius 3 is 2.42 bits per heavy atom. The number of nitrogen functional groups attached to an aromatic ring is 1. The molecule has 2 aromatic rings. The number of methoxy groups -OCH3 is 1. The number of amides is 1. The number of ether oxygens (including phenoxy) is 1. The van der Waals surface area contributed by atoms with Crippen molar-refractivity contribution < 1.29 is 9.53 Å². The molecule has 1 aromatic heterocycles. The molecular weight excluding hydrogens is 302 g/mol. The Hall–Kier alpha value is -2.56. The largest absolute Gasteiger partial charge is 0.492 e. The highest BCUT2D eigenvalue weighted by molar-refractivity contribution is 6.05. The fourth-order valence-corrected chi connectivity index (χ4v) is 2.37. The first-order valence-corrected chi connectivity index (χ1v) is 7.86. The number of aromatic nitrogens is 1. The molecule has 24 heavy (non-hydrogen) atoms. The lowest BCUT2D eigenvalue weighted by molar-refractivity contribution is 0.102. The standard InChI is InChI=1S/C19H25N3O2/c1-11-7-13(10-21-12(11)2)18(23)22-16-9-14(19(3,4)5)8-15(20)17(16)24-6/h7-10H,20H2,1-6H3,(H,22,23). The summed E-state index contributed by atoms with van der Waals surface area (Å²) in [5.41, 5.74) is 10.5. The molecule has 0 fully saturated rings. The summed E-state index contributed by atoms with van der Waals surface area (Å²) in [4.78, 5) is 16.8. The fourth-order valence-electron chi connectivity index (χ4n) is 2.37. The van der Waals surface area contributed by atoms with E-state index in [1.165, 1.54) is 7.11 Å². The van der Waals surface area contributed by atoms with Crippen molar-refractivity contribution in [2.45, 2.75) is 40.0 Å². The maximum atomic E-state index is 12.6. The van der Waals surface area contributed by atoms with Crippen LogP contribution < -0.4 is 15.8 Å². The number of aryl methyl sites for hydroxylation is 2. The van der Waals surface area contributed by atoms with Gasteiger partial charge in [0, 0.05) is 11.9 Å². The van der Waals surface area contributed by atoms with E-state index in [1.54, 1.807) is 6.20 Å². The van der Waals surface area contributed by atoms with Crippen LogP contribution in [0.3, 0.4) is 0 Å². The van der Waals surface area contributed by atoms with Crippen LogP contribution in [0.1, 0.15) is 48.0 Å². The zero-order valence-electron chi connectivity index (χ0n) is 15.2. The second-order valence-electron chi connectivity index (χ2n) is 6.98. The van der Waals surface area contributed by atoms with Crippen LogP contribution >= 0.6 is 0 Å². The van der Waals surface area contributed by atoms with Crippen molar-refractivity contribution in [3.63, 3.8) is 0 Å². The minimum absolute atomic E-state index is 0.0954. The number of nitrogens with two attached hydrogens (primary N) is 1. The number of carbonyl (C=O) groups excluding carboxylic acids is 1. The Kier molecular flexibility index (Phi) is 4.83. The number of nitrogens with one attached hydrogen (secondary N) is 1. The predicted octanol–water partition coefficient (Wildman–Crippen LogP) is 3.84. The molecule has 128 valence electrons. The Morgan fingerprint density at radius 2 is 1.88 bits per heavy atom. The van der Waals surface area contributed by atoms with Gasteiger partial charge in [-0.05, 0) is 48.6 Å². The number of nitrogens with zero attached hydrogens (tertiary/aromatic N) is 1. The third-order valence-electron chi connectivity index (χ3n) is 4.04. The van der Waals surface area contributed by atoms with Crippen molar-refractivity contribution in [3.8, 4) is 5.75 Å². The third kappa shape index (κ3) is 3.67. The summed E-state index contributed by atoms with van der Waals surface area (Å²) in [6.45, 7) is 10.1. The number of hydrogen-bond donors (Lipinski definition) is 2. The Bertz CT molecular complexity index is 777. The molecule has 0 unspecified atom stereocenters. The number of carbonyl (C=O) groups is 1. The van der Waals surface area contributed by atoms with Gasteiger partial charge in [-0.2, -0.15) is 0 Å². The summed E-state index contributed by atoms with van der Waals surface area (Å²) < 4.78 is 5.37. The first kappa shape index (κ1) is 17.8. The van der Waals surface area contributed by atoms with Crippen molar-refractivity contribution in [2.75, 3.05) is 18.2 Å². The zero-order chi connectivity index (χ0) is 18.1. The van der Waals surface area contributed by atoms with E-state index in [1.807, 2.05) is 32.0 Å². The Balaban J connectivity index is 2.42. The Morgan fingerprint density at radius 1 is 1.21 bits per heavy atom. The van der Waals surface area contributed by atoms with Gasteiger partial charge in [-0.15, -0.1) is 0 Å². The van der Waals surface area contributed by atoms with E-state index in [2.05, 4.69) is 31.1 Å². The normalized spacial score (nSPS) is 11.2. The van der Waals surface area contributed by atoms with Gasteiger partial charge in [-0.3, -0.25) is 9.78 Å². The molecule has 1 heterocycles. The molecule has 0 spiro atoms. The smallest absolute Gasteiger partial charge is 0.257 e. The monoisotopic (exact) mass is 327 g/mol. The van der Waals surface area contributed by atoms with Gasteiger partial charge in [0.2, 0.25) is 0 Å². The lowest BCUT2D eigenvalue weighted by Gasteiger charge is -2.22. The van der Waals surface area contributed by atoms with E-state index < -0.39 is 0 Å². The fraction of sp³-hybridized carbons (Fsp3) is 0.368. The molecule has 0 saturated heterocycles. The molecule has 5 heteroatoms. The molecule has 2 rings (SSSR count). The van der Waals surface area contributed by atoms with Crippen molar-refractivity contribution in [2.24, 2.45) is 0 Å². The summed E-state index contributed by atoms with van der Waals surface area (Å²) in [6.07, 6.45) is 1.57. The average Bonchev–Trinajstić information content (AvgIpc) is 2.48. The predicted molar refractivity (Wildman–Crippen MR) is 97.8 cm³/mol. The molecule has 0 aliphatic carbocycles. The van der Waals surface area contributed by atoms with Gasteiger partial charge in [0.15, 0.2) is 5.75 Å². The number of rotatable bonds is 3. The van der Waals surface area contributed by atoms with E-state index in [-0.39, 0.29) is 11.3 Å². The summed E-state index contributed by atoms with van der Waals surface area (Å²) in [5, 5.41) is 2.89. The Labute approximate surface area is 143 Å². The molecule has 0 bridgehead atoms. The maximum Gasteiger partial charge on any atom is 0.257 e. The van der Waals surface area contributed by atoms with Crippen LogP contribution in [-0.4, -0.2) is 18.0 Å². The summed E-state index contributed by atoms with van der Waals surface area (Å²) in [7, 11) is 1.54. The second-order valence-corrected chi connectivity index (χ2v) is 6.98. The number of hydrogen-bond acceptors (Lipinski definition) is 4. The van der Waals surface area contributed by atoms with Crippen LogP contribution in [-0.2, 0) is 5.41 Å².